The van der Waals surface area contributed by atoms with Gasteiger partial charge in [-0.25, -0.2) is 0 Å². The molecular weight excluding hydrogens is 284 g/mol. The van der Waals surface area contributed by atoms with Crippen molar-refractivity contribution >= 4 is 11.8 Å². The average molecular weight is 308 g/mol. The van der Waals surface area contributed by atoms with Gasteiger partial charge >= 0.3 is 0 Å². The smallest absolute Gasteiger partial charge is 0.129 e. The quantitative estimate of drug-likeness (QED) is 0.439. The molecule has 120 valence electrons. The number of nitrogens with zero attached hydrogens (tertiary/aromatic N) is 2. The molecule has 3 nitrogen and oxygen atoms in total. The maximum atomic E-state index is 5.46. The number of benzene rings is 2. The van der Waals surface area contributed by atoms with E-state index >= 15 is 0 Å². The molecule has 0 aromatic heterocycles. The molecule has 0 N–H and O–H groups in total. The lowest BCUT2D eigenvalue weighted by atomic mass is 10.1. The Morgan fingerprint density at radius 2 is 1.74 bits per heavy atom. The molecule has 0 bridgehead atoms. The first kappa shape index (κ1) is 17.0. The van der Waals surface area contributed by atoms with Gasteiger partial charge in [-0.05, 0) is 32.7 Å². The molecule has 0 saturated carbocycles. The van der Waals surface area contributed by atoms with Gasteiger partial charge in [0.2, 0.25) is 0 Å². The van der Waals surface area contributed by atoms with Crippen LogP contribution in [0, 0.1) is 6.92 Å². The summed E-state index contributed by atoms with van der Waals surface area (Å²) in [4.78, 5) is 7.53. The number of likely N-dealkylation sites (N-methyl/N-ethyl adjacent to an activating group) is 1. The monoisotopic (exact) mass is 308 g/mol. The Hall–Kier alpha value is -2.39. The first-order valence-corrected chi connectivity index (χ1v) is 7.80. The van der Waals surface area contributed by atoms with Crippen LogP contribution >= 0.6 is 0 Å². The summed E-state index contributed by atoms with van der Waals surface area (Å²) in [5.41, 5.74) is 4.27. The lowest BCUT2D eigenvalue weighted by molar-refractivity contribution is 0.126. The van der Waals surface area contributed by atoms with Crippen LogP contribution in [0.4, 0.5) is 0 Å². The van der Waals surface area contributed by atoms with Crippen molar-refractivity contribution in [2.24, 2.45) is 5.16 Å². The van der Waals surface area contributed by atoms with Crippen molar-refractivity contribution in [3.63, 3.8) is 0 Å². The molecule has 2 rings (SSSR count). The fourth-order valence-electron chi connectivity index (χ4n) is 1.98. The molecule has 3 heteroatoms. The molecule has 0 radical (unpaired) electrons. The van der Waals surface area contributed by atoms with Crippen LogP contribution in [0.5, 0.6) is 0 Å². The summed E-state index contributed by atoms with van der Waals surface area (Å²) in [7, 11) is 4.03. The highest BCUT2D eigenvalue weighted by Gasteiger charge is 2.00. The molecule has 0 spiro atoms. The predicted molar refractivity (Wildman–Crippen MR) is 97.7 cm³/mol. The van der Waals surface area contributed by atoms with Crippen molar-refractivity contribution in [1.29, 1.82) is 0 Å². The molecule has 0 aliphatic heterocycles. The van der Waals surface area contributed by atoms with E-state index in [9.17, 15) is 0 Å². The van der Waals surface area contributed by atoms with Crippen LogP contribution in [0.2, 0.25) is 0 Å². The minimum atomic E-state index is 0.571. The standard InChI is InChI=1S/C20H24N2O/c1-17-9-11-18(12-10-17)13-14-20(19-7-5-4-6-8-19)21-23-16-15-22(2)3/h4-14H,15-16H2,1-3H3. The highest BCUT2D eigenvalue weighted by molar-refractivity contribution is 6.10. The van der Waals surface area contributed by atoms with Crippen molar-refractivity contribution in [1.82, 2.24) is 4.90 Å². The van der Waals surface area contributed by atoms with Gasteiger partial charge < -0.3 is 9.74 Å². The van der Waals surface area contributed by atoms with Gasteiger partial charge in [0.15, 0.2) is 0 Å². The topological polar surface area (TPSA) is 24.8 Å². The van der Waals surface area contributed by atoms with E-state index in [1.165, 1.54) is 5.56 Å². The van der Waals surface area contributed by atoms with Crippen LogP contribution in [0.15, 0.2) is 65.8 Å². The molecule has 2 aromatic rings. The van der Waals surface area contributed by atoms with E-state index in [1.54, 1.807) is 0 Å². The van der Waals surface area contributed by atoms with Crippen LogP contribution < -0.4 is 0 Å². The minimum Gasteiger partial charge on any atom is -0.394 e. The Morgan fingerprint density at radius 1 is 1.04 bits per heavy atom. The van der Waals surface area contributed by atoms with Crippen LogP contribution in [0.1, 0.15) is 16.7 Å². The summed E-state index contributed by atoms with van der Waals surface area (Å²) >= 11 is 0. The molecule has 0 atom stereocenters. The van der Waals surface area contributed by atoms with E-state index in [2.05, 4.69) is 47.3 Å². The number of oxime groups is 1. The van der Waals surface area contributed by atoms with Gasteiger partial charge in [0.1, 0.15) is 12.3 Å². The van der Waals surface area contributed by atoms with Crippen molar-refractivity contribution in [2.75, 3.05) is 27.2 Å². The van der Waals surface area contributed by atoms with Crippen molar-refractivity contribution < 1.29 is 4.84 Å². The van der Waals surface area contributed by atoms with Gasteiger partial charge in [0.25, 0.3) is 0 Å². The fraction of sp³-hybridized carbons (Fsp3) is 0.250. The van der Waals surface area contributed by atoms with E-state index < -0.39 is 0 Å². The van der Waals surface area contributed by atoms with E-state index in [1.807, 2.05) is 50.5 Å². The van der Waals surface area contributed by atoms with E-state index in [-0.39, 0.29) is 0 Å². The second-order valence-electron chi connectivity index (χ2n) is 5.72. The number of allylic oxidation sites excluding steroid dienone is 1. The Labute approximate surface area is 138 Å². The number of rotatable bonds is 7. The maximum absolute atomic E-state index is 5.46. The maximum Gasteiger partial charge on any atom is 0.129 e. The zero-order chi connectivity index (χ0) is 16.5. The fourth-order valence-corrected chi connectivity index (χ4v) is 1.98. The van der Waals surface area contributed by atoms with Crippen LogP contribution in [0.3, 0.4) is 0 Å². The van der Waals surface area contributed by atoms with Crippen molar-refractivity contribution in [3.8, 4) is 0 Å². The molecule has 0 aliphatic carbocycles. The molecule has 0 amide bonds. The Balaban J connectivity index is 2.13. The van der Waals surface area contributed by atoms with Crippen LogP contribution in [0.25, 0.3) is 6.08 Å². The molecular formula is C20H24N2O. The van der Waals surface area contributed by atoms with E-state index in [4.69, 9.17) is 4.84 Å². The first-order valence-electron chi connectivity index (χ1n) is 7.80. The zero-order valence-electron chi connectivity index (χ0n) is 14.1. The molecule has 0 fully saturated rings. The summed E-state index contributed by atoms with van der Waals surface area (Å²) < 4.78 is 0. The van der Waals surface area contributed by atoms with Gasteiger partial charge in [-0.1, -0.05) is 71.4 Å². The Bertz CT molecular complexity index is 643. The third kappa shape index (κ3) is 6.09. The largest absolute Gasteiger partial charge is 0.394 e. The summed E-state index contributed by atoms with van der Waals surface area (Å²) in [6.45, 7) is 3.50. The lowest BCUT2D eigenvalue weighted by Gasteiger charge is -2.08. The normalized spacial score (nSPS) is 12.1. The second-order valence-corrected chi connectivity index (χ2v) is 5.72. The minimum absolute atomic E-state index is 0.571. The van der Waals surface area contributed by atoms with Crippen molar-refractivity contribution in [2.45, 2.75) is 6.92 Å². The molecule has 23 heavy (non-hydrogen) atoms. The van der Waals surface area contributed by atoms with Crippen LogP contribution in [-0.4, -0.2) is 37.9 Å². The molecule has 2 aromatic carbocycles. The molecule has 0 aliphatic rings. The van der Waals surface area contributed by atoms with E-state index in [0.717, 1.165) is 23.4 Å². The van der Waals surface area contributed by atoms with Gasteiger partial charge in [-0.3, -0.25) is 0 Å². The lowest BCUT2D eigenvalue weighted by Crippen LogP contribution is -2.17. The number of aryl methyl sites for hydroxylation is 1. The second kappa shape index (κ2) is 8.91. The third-order valence-electron chi connectivity index (χ3n) is 3.37. The summed E-state index contributed by atoms with van der Waals surface area (Å²) in [5.74, 6) is 0. The van der Waals surface area contributed by atoms with Gasteiger partial charge in [0, 0.05) is 12.1 Å². The highest BCUT2D eigenvalue weighted by Crippen LogP contribution is 2.08. The Morgan fingerprint density at radius 3 is 2.39 bits per heavy atom. The predicted octanol–water partition coefficient (Wildman–Crippen LogP) is 3.99. The highest BCUT2D eigenvalue weighted by atomic mass is 16.6. The SMILES string of the molecule is Cc1ccc(C=CC(=NOCCN(C)C)c2ccccc2)cc1. The van der Waals surface area contributed by atoms with E-state index in [0.29, 0.717) is 6.61 Å². The molecule has 0 unspecified atom stereocenters. The molecule has 0 saturated heterocycles. The van der Waals surface area contributed by atoms with Crippen LogP contribution in [-0.2, 0) is 4.84 Å². The summed E-state index contributed by atoms with van der Waals surface area (Å²) in [6, 6.07) is 18.5. The number of hydrogen-bond acceptors (Lipinski definition) is 3. The Kier molecular flexibility index (Phi) is 6.57. The number of hydrogen-bond donors (Lipinski definition) is 0. The zero-order valence-corrected chi connectivity index (χ0v) is 14.1. The van der Waals surface area contributed by atoms with Gasteiger partial charge in [0.05, 0.1) is 0 Å². The summed E-state index contributed by atoms with van der Waals surface area (Å²) in [5, 5.41) is 4.30. The van der Waals surface area contributed by atoms with Gasteiger partial charge in [-0.15, -0.1) is 0 Å². The first-order chi connectivity index (χ1) is 11.1. The van der Waals surface area contributed by atoms with Crippen molar-refractivity contribution in [3.05, 3.63) is 77.4 Å². The average Bonchev–Trinajstić information content (AvgIpc) is 2.56. The van der Waals surface area contributed by atoms with Gasteiger partial charge in [-0.2, -0.15) is 0 Å². The third-order valence-corrected chi connectivity index (χ3v) is 3.37. The summed E-state index contributed by atoms with van der Waals surface area (Å²) in [6.07, 6.45) is 4.05. The molecule has 0 heterocycles.